The predicted octanol–water partition coefficient (Wildman–Crippen LogP) is 3.03. The van der Waals surface area contributed by atoms with E-state index in [9.17, 15) is 0 Å². The molecule has 0 aliphatic carbocycles. The van der Waals surface area contributed by atoms with Gasteiger partial charge in [-0.2, -0.15) is 0 Å². The zero-order valence-corrected chi connectivity index (χ0v) is 18.4. The molecule has 0 aromatic heterocycles. The van der Waals surface area contributed by atoms with Gasteiger partial charge in [-0.1, -0.05) is 37.3 Å². The van der Waals surface area contributed by atoms with E-state index in [4.69, 9.17) is 9.73 Å². The van der Waals surface area contributed by atoms with E-state index in [1.165, 1.54) is 31.5 Å². The molecular weight excluding hydrogens is 439 g/mol. The van der Waals surface area contributed by atoms with Gasteiger partial charge in [-0.05, 0) is 38.4 Å². The van der Waals surface area contributed by atoms with E-state index in [0.717, 1.165) is 38.8 Å². The van der Waals surface area contributed by atoms with Crippen LogP contribution in [0.2, 0.25) is 0 Å². The van der Waals surface area contributed by atoms with Crippen molar-refractivity contribution in [3.63, 3.8) is 0 Å². The molecule has 0 spiro atoms. The van der Waals surface area contributed by atoms with Crippen molar-refractivity contribution in [3.05, 3.63) is 35.9 Å². The Morgan fingerprint density at radius 3 is 2.46 bits per heavy atom. The molecule has 2 saturated heterocycles. The Hall–Kier alpha value is -0.860. The third-order valence-electron chi connectivity index (χ3n) is 5.09. The summed E-state index contributed by atoms with van der Waals surface area (Å²) >= 11 is 0. The van der Waals surface area contributed by atoms with Crippen LogP contribution in [0, 0.1) is 5.41 Å². The molecule has 1 unspecified atom stereocenters. The largest absolute Gasteiger partial charge is 0.380 e. The molecule has 0 radical (unpaired) electrons. The third-order valence-corrected chi connectivity index (χ3v) is 5.09. The van der Waals surface area contributed by atoms with Crippen molar-refractivity contribution in [2.75, 3.05) is 45.9 Å². The summed E-state index contributed by atoms with van der Waals surface area (Å²) in [5.41, 5.74) is 1.59. The lowest BCUT2D eigenvalue weighted by atomic mass is 9.89. The first-order valence-corrected chi connectivity index (χ1v) is 9.59. The maximum atomic E-state index is 5.34. The molecular formula is C20H33IN4O. The minimum Gasteiger partial charge on any atom is -0.380 e. The fourth-order valence-corrected chi connectivity index (χ4v) is 3.53. The number of guanidine groups is 1. The van der Waals surface area contributed by atoms with Gasteiger partial charge in [-0.25, -0.2) is 0 Å². The SMILES string of the molecule is CCNC(=NCC1(C)COC1)NCC(c1ccccc1)N1CCCC1.I. The van der Waals surface area contributed by atoms with Crippen LogP contribution in [0.5, 0.6) is 0 Å². The molecule has 2 aliphatic heterocycles. The highest BCUT2D eigenvalue weighted by Crippen LogP contribution is 2.27. The van der Waals surface area contributed by atoms with Crippen molar-refractivity contribution in [2.45, 2.75) is 32.7 Å². The number of nitrogens with zero attached hydrogens (tertiary/aromatic N) is 2. The van der Waals surface area contributed by atoms with Gasteiger partial charge in [0.05, 0.1) is 25.8 Å². The molecule has 2 fully saturated rings. The number of likely N-dealkylation sites (tertiary alicyclic amines) is 1. The van der Waals surface area contributed by atoms with E-state index in [-0.39, 0.29) is 29.4 Å². The van der Waals surface area contributed by atoms with Gasteiger partial charge in [0.25, 0.3) is 0 Å². The van der Waals surface area contributed by atoms with Crippen LogP contribution in [0.25, 0.3) is 0 Å². The summed E-state index contributed by atoms with van der Waals surface area (Å²) in [5.74, 6) is 0.913. The van der Waals surface area contributed by atoms with Crippen LogP contribution in [-0.2, 0) is 4.74 Å². The molecule has 146 valence electrons. The fourth-order valence-electron chi connectivity index (χ4n) is 3.53. The molecule has 26 heavy (non-hydrogen) atoms. The zero-order chi connectivity index (χ0) is 17.5. The van der Waals surface area contributed by atoms with Gasteiger partial charge in [0, 0.05) is 18.5 Å². The van der Waals surface area contributed by atoms with Crippen LogP contribution in [0.4, 0.5) is 0 Å². The summed E-state index contributed by atoms with van der Waals surface area (Å²) in [5, 5.41) is 6.95. The average molecular weight is 472 g/mol. The Morgan fingerprint density at radius 1 is 1.19 bits per heavy atom. The molecule has 1 aromatic rings. The standard InChI is InChI=1S/C20H32N4O.HI/c1-3-21-19(23-14-20(2)15-25-16-20)22-13-18(24-11-7-8-12-24)17-9-5-4-6-10-17;/h4-6,9-10,18H,3,7-8,11-16H2,1-2H3,(H2,21,22,23);1H. The van der Waals surface area contributed by atoms with Gasteiger partial charge >= 0.3 is 0 Å². The molecule has 2 aliphatic rings. The molecule has 2 N–H and O–H groups in total. The number of ether oxygens (including phenoxy) is 1. The number of nitrogens with one attached hydrogen (secondary N) is 2. The van der Waals surface area contributed by atoms with Gasteiger partial charge in [-0.3, -0.25) is 9.89 Å². The number of aliphatic imine (C=N–C) groups is 1. The van der Waals surface area contributed by atoms with E-state index in [1.54, 1.807) is 0 Å². The molecule has 6 heteroatoms. The topological polar surface area (TPSA) is 48.9 Å². The first kappa shape index (κ1) is 21.4. The maximum Gasteiger partial charge on any atom is 0.191 e. The Bertz CT molecular complexity index is 556. The number of benzene rings is 1. The lowest BCUT2D eigenvalue weighted by Crippen LogP contribution is -2.46. The second kappa shape index (κ2) is 10.5. The summed E-state index contributed by atoms with van der Waals surface area (Å²) in [7, 11) is 0. The molecule has 5 nitrogen and oxygen atoms in total. The van der Waals surface area contributed by atoms with E-state index < -0.39 is 0 Å². The Morgan fingerprint density at radius 2 is 1.88 bits per heavy atom. The van der Waals surface area contributed by atoms with Crippen LogP contribution >= 0.6 is 24.0 Å². The number of halogens is 1. The van der Waals surface area contributed by atoms with Crippen LogP contribution in [0.1, 0.15) is 38.3 Å². The minimum absolute atomic E-state index is 0. The molecule has 0 saturated carbocycles. The van der Waals surface area contributed by atoms with Gasteiger partial charge in [0.1, 0.15) is 0 Å². The first-order valence-electron chi connectivity index (χ1n) is 9.59. The summed E-state index contributed by atoms with van der Waals surface area (Å²) in [6.07, 6.45) is 2.60. The first-order chi connectivity index (χ1) is 12.2. The van der Waals surface area contributed by atoms with Crippen LogP contribution < -0.4 is 10.6 Å². The van der Waals surface area contributed by atoms with E-state index in [2.05, 4.69) is 59.7 Å². The minimum atomic E-state index is 0. The zero-order valence-electron chi connectivity index (χ0n) is 16.0. The normalized spacial score (nSPS) is 20.8. The lowest BCUT2D eigenvalue weighted by molar-refractivity contribution is -0.0945. The fraction of sp³-hybridized carbons (Fsp3) is 0.650. The summed E-state index contributed by atoms with van der Waals surface area (Å²) in [6.45, 7) is 10.9. The van der Waals surface area contributed by atoms with Crippen molar-refractivity contribution in [2.24, 2.45) is 10.4 Å². The van der Waals surface area contributed by atoms with Crippen molar-refractivity contribution in [1.82, 2.24) is 15.5 Å². The van der Waals surface area contributed by atoms with Crippen molar-refractivity contribution >= 4 is 29.9 Å². The molecule has 1 aromatic carbocycles. The van der Waals surface area contributed by atoms with Gasteiger partial charge in [-0.15, -0.1) is 24.0 Å². The highest BCUT2D eigenvalue weighted by atomic mass is 127. The van der Waals surface area contributed by atoms with Crippen LogP contribution in [0.3, 0.4) is 0 Å². The molecule has 3 rings (SSSR count). The van der Waals surface area contributed by atoms with E-state index in [1.807, 2.05) is 0 Å². The molecule has 0 amide bonds. The monoisotopic (exact) mass is 472 g/mol. The molecule has 2 heterocycles. The maximum absolute atomic E-state index is 5.34. The van der Waals surface area contributed by atoms with Gasteiger partial charge in [0.15, 0.2) is 5.96 Å². The second-order valence-electron chi connectivity index (χ2n) is 7.55. The summed E-state index contributed by atoms with van der Waals surface area (Å²) in [4.78, 5) is 7.39. The summed E-state index contributed by atoms with van der Waals surface area (Å²) in [6, 6.07) is 11.2. The predicted molar refractivity (Wildman–Crippen MR) is 118 cm³/mol. The number of hydrogen-bond acceptors (Lipinski definition) is 3. The van der Waals surface area contributed by atoms with Gasteiger partial charge in [0.2, 0.25) is 0 Å². The van der Waals surface area contributed by atoms with Crippen LogP contribution in [-0.4, -0.2) is 56.8 Å². The lowest BCUT2D eigenvalue weighted by Gasteiger charge is -2.36. The Kier molecular flexibility index (Phi) is 8.63. The number of hydrogen-bond donors (Lipinski definition) is 2. The highest BCUT2D eigenvalue weighted by Gasteiger charge is 2.33. The van der Waals surface area contributed by atoms with Crippen molar-refractivity contribution in [1.29, 1.82) is 0 Å². The molecule has 1 atom stereocenters. The summed E-state index contributed by atoms with van der Waals surface area (Å²) < 4.78 is 5.34. The van der Waals surface area contributed by atoms with E-state index in [0.29, 0.717) is 6.04 Å². The number of rotatable bonds is 7. The Balaban J connectivity index is 0.00000243. The highest BCUT2D eigenvalue weighted by molar-refractivity contribution is 14.0. The van der Waals surface area contributed by atoms with Crippen molar-refractivity contribution in [3.8, 4) is 0 Å². The smallest absolute Gasteiger partial charge is 0.191 e. The average Bonchev–Trinajstić information content (AvgIpc) is 3.13. The van der Waals surface area contributed by atoms with Gasteiger partial charge < -0.3 is 15.4 Å². The second-order valence-corrected chi connectivity index (χ2v) is 7.55. The van der Waals surface area contributed by atoms with Crippen LogP contribution in [0.15, 0.2) is 35.3 Å². The quantitative estimate of drug-likeness (QED) is 0.364. The third kappa shape index (κ3) is 5.82. The van der Waals surface area contributed by atoms with Crippen molar-refractivity contribution < 1.29 is 4.74 Å². The Labute approximate surface area is 175 Å². The van der Waals surface area contributed by atoms with E-state index >= 15 is 0 Å². The molecule has 0 bridgehead atoms.